The molecule has 3 heterocycles. The molecule has 0 fully saturated rings. The SMILES string of the molecule is O=C(Nc1sc2c(c1C(=O)NCCc1cnn(-c3ccccc3)c1)CCCC2)c1cccnc1. The van der Waals surface area contributed by atoms with Gasteiger partial charge in [0.2, 0.25) is 0 Å². The molecule has 1 aliphatic carbocycles. The predicted molar refractivity (Wildman–Crippen MR) is 133 cm³/mol. The van der Waals surface area contributed by atoms with Crippen molar-refractivity contribution in [3.63, 3.8) is 0 Å². The van der Waals surface area contributed by atoms with Crippen LogP contribution in [0.5, 0.6) is 0 Å². The van der Waals surface area contributed by atoms with Gasteiger partial charge in [0.1, 0.15) is 5.00 Å². The summed E-state index contributed by atoms with van der Waals surface area (Å²) in [5.74, 6) is -0.398. The van der Waals surface area contributed by atoms with Crippen molar-refractivity contribution in [2.45, 2.75) is 32.1 Å². The topological polar surface area (TPSA) is 88.9 Å². The average Bonchev–Trinajstić information content (AvgIpc) is 3.49. The maximum absolute atomic E-state index is 13.2. The third-order valence-corrected chi connectivity index (χ3v) is 7.11. The number of nitrogens with zero attached hydrogens (tertiary/aromatic N) is 3. The molecule has 2 N–H and O–H groups in total. The minimum Gasteiger partial charge on any atom is -0.352 e. The van der Waals surface area contributed by atoms with Gasteiger partial charge >= 0.3 is 0 Å². The van der Waals surface area contributed by atoms with Gasteiger partial charge in [0.25, 0.3) is 11.8 Å². The molecule has 1 aromatic carbocycles. The lowest BCUT2D eigenvalue weighted by molar-refractivity contribution is 0.0954. The summed E-state index contributed by atoms with van der Waals surface area (Å²) in [4.78, 5) is 31.2. The fraction of sp³-hybridized carbons (Fsp3) is 0.231. The minimum atomic E-state index is -0.255. The van der Waals surface area contributed by atoms with Gasteiger partial charge in [-0.05, 0) is 67.5 Å². The normalized spacial score (nSPS) is 12.7. The minimum absolute atomic E-state index is 0.142. The zero-order valence-corrected chi connectivity index (χ0v) is 19.5. The van der Waals surface area contributed by atoms with Crippen LogP contribution in [0.1, 0.15) is 49.6 Å². The number of hydrogen-bond acceptors (Lipinski definition) is 5. The lowest BCUT2D eigenvalue weighted by Crippen LogP contribution is -2.27. The van der Waals surface area contributed by atoms with Gasteiger partial charge in [0.05, 0.1) is 23.0 Å². The molecule has 1 aliphatic rings. The number of para-hydroxylation sites is 1. The second-order valence-electron chi connectivity index (χ2n) is 8.25. The number of rotatable bonds is 7. The van der Waals surface area contributed by atoms with Gasteiger partial charge in [0, 0.05) is 30.0 Å². The molecule has 4 aromatic rings. The van der Waals surface area contributed by atoms with Crippen molar-refractivity contribution in [2.75, 3.05) is 11.9 Å². The van der Waals surface area contributed by atoms with E-state index in [1.165, 1.54) is 22.4 Å². The summed E-state index contributed by atoms with van der Waals surface area (Å²) in [5, 5.41) is 11.1. The van der Waals surface area contributed by atoms with Gasteiger partial charge in [-0.1, -0.05) is 18.2 Å². The molecule has 0 unspecified atom stereocenters. The number of carbonyl (C=O) groups excluding carboxylic acids is 2. The molecule has 0 radical (unpaired) electrons. The number of benzene rings is 1. The maximum atomic E-state index is 13.2. The highest BCUT2D eigenvalue weighted by Crippen LogP contribution is 2.38. The highest BCUT2D eigenvalue weighted by Gasteiger charge is 2.26. The molecule has 0 bridgehead atoms. The summed E-state index contributed by atoms with van der Waals surface area (Å²) >= 11 is 1.52. The quantitative estimate of drug-likeness (QED) is 0.417. The second-order valence-corrected chi connectivity index (χ2v) is 9.35. The fourth-order valence-electron chi connectivity index (χ4n) is 4.19. The van der Waals surface area contributed by atoms with E-state index in [-0.39, 0.29) is 11.8 Å². The third-order valence-electron chi connectivity index (χ3n) is 5.91. The van der Waals surface area contributed by atoms with Crippen molar-refractivity contribution in [3.05, 3.63) is 94.4 Å². The molecule has 0 saturated heterocycles. The van der Waals surface area contributed by atoms with Crippen LogP contribution in [-0.4, -0.2) is 33.1 Å². The van der Waals surface area contributed by atoms with Gasteiger partial charge < -0.3 is 10.6 Å². The number of amides is 2. The fourth-order valence-corrected chi connectivity index (χ4v) is 5.47. The van der Waals surface area contributed by atoms with Crippen molar-refractivity contribution in [2.24, 2.45) is 0 Å². The molecule has 0 spiro atoms. The molecular weight excluding hydrogens is 446 g/mol. The Bertz CT molecular complexity index is 1300. The standard InChI is InChI=1S/C26H25N5O2S/c32-24(19-7-6-13-27-16-19)30-26-23(21-10-4-5-11-22(21)34-26)25(33)28-14-12-18-15-29-31(17-18)20-8-2-1-3-9-20/h1-3,6-9,13,15-17H,4-5,10-12,14H2,(H,28,33)(H,30,32). The number of thiophene rings is 1. The lowest BCUT2D eigenvalue weighted by Gasteiger charge is -2.13. The van der Waals surface area contributed by atoms with Crippen molar-refractivity contribution in [1.29, 1.82) is 0 Å². The Labute approximate surface area is 201 Å². The predicted octanol–water partition coefficient (Wildman–Crippen LogP) is 4.43. The second kappa shape index (κ2) is 10.0. The van der Waals surface area contributed by atoms with Crippen molar-refractivity contribution in [3.8, 4) is 5.69 Å². The molecule has 5 rings (SSSR count). The number of aryl methyl sites for hydroxylation is 1. The van der Waals surface area contributed by atoms with Crippen LogP contribution in [0.15, 0.2) is 67.3 Å². The molecule has 0 saturated carbocycles. The van der Waals surface area contributed by atoms with Crippen LogP contribution in [0.3, 0.4) is 0 Å². The van der Waals surface area contributed by atoms with E-state index in [2.05, 4.69) is 20.7 Å². The van der Waals surface area contributed by atoms with E-state index in [1.54, 1.807) is 18.3 Å². The Morgan fingerprint density at radius 1 is 1.00 bits per heavy atom. The number of fused-ring (bicyclic) bond motifs is 1. The monoisotopic (exact) mass is 471 g/mol. The number of nitrogens with one attached hydrogen (secondary N) is 2. The first-order valence-corrected chi connectivity index (χ1v) is 12.2. The summed E-state index contributed by atoms with van der Waals surface area (Å²) in [6.07, 6.45) is 11.6. The van der Waals surface area contributed by atoms with Crippen LogP contribution < -0.4 is 10.6 Å². The number of pyridine rings is 1. The Morgan fingerprint density at radius 2 is 1.85 bits per heavy atom. The number of hydrogen-bond donors (Lipinski definition) is 2. The molecule has 0 aliphatic heterocycles. The Kier molecular flexibility index (Phi) is 6.49. The zero-order valence-electron chi connectivity index (χ0n) is 18.7. The van der Waals surface area contributed by atoms with Crippen LogP contribution in [0.4, 0.5) is 5.00 Å². The summed E-state index contributed by atoms with van der Waals surface area (Å²) < 4.78 is 1.83. The van der Waals surface area contributed by atoms with Gasteiger partial charge in [0.15, 0.2) is 0 Å². The Morgan fingerprint density at radius 3 is 2.68 bits per heavy atom. The van der Waals surface area contributed by atoms with Gasteiger partial charge in [-0.25, -0.2) is 4.68 Å². The molecule has 7 nitrogen and oxygen atoms in total. The summed E-state index contributed by atoms with van der Waals surface area (Å²) in [6.45, 7) is 0.486. The summed E-state index contributed by atoms with van der Waals surface area (Å²) in [7, 11) is 0. The van der Waals surface area contributed by atoms with Gasteiger partial charge in [-0.15, -0.1) is 11.3 Å². The van der Waals surface area contributed by atoms with Crippen molar-refractivity contribution in [1.82, 2.24) is 20.1 Å². The van der Waals surface area contributed by atoms with E-state index in [9.17, 15) is 9.59 Å². The van der Waals surface area contributed by atoms with Gasteiger partial charge in [-0.2, -0.15) is 5.10 Å². The maximum Gasteiger partial charge on any atom is 0.257 e. The number of aromatic nitrogens is 3. The van der Waals surface area contributed by atoms with E-state index >= 15 is 0 Å². The highest BCUT2D eigenvalue weighted by molar-refractivity contribution is 7.17. The van der Waals surface area contributed by atoms with Crippen LogP contribution in [0.2, 0.25) is 0 Å². The van der Waals surface area contributed by atoms with Crippen LogP contribution in [0, 0.1) is 0 Å². The molecule has 172 valence electrons. The Hall–Kier alpha value is -3.78. The van der Waals surface area contributed by atoms with E-state index in [0.717, 1.165) is 42.5 Å². The first kappa shape index (κ1) is 22.0. The van der Waals surface area contributed by atoms with Crippen LogP contribution >= 0.6 is 11.3 Å². The number of carbonyl (C=O) groups is 2. The molecule has 2 amide bonds. The van der Waals surface area contributed by atoms with E-state index in [4.69, 9.17) is 0 Å². The van der Waals surface area contributed by atoms with Crippen molar-refractivity contribution >= 4 is 28.2 Å². The largest absolute Gasteiger partial charge is 0.352 e. The van der Waals surface area contributed by atoms with E-state index in [1.807, 2.05) is 47.4 Å². The van der Waals surface area contributed by atoms with Crippen LogP contribution in [-0.2, 0) is 19.3 Å². The van der Waals surface area contributed by atoms with Crippen LogP contribution in [0.25, 0.3) is 5.69 Å². The van der Waals surface area contributed by atoms with Crippen molar-refractivity contribution < 1.29 is 9.59 Å². The third kappa shape index (κ3) is 4.77. The average molecular weight is 472 g/mol. The Balaban J connectivity index is 1.28. The molecule has 8 heteroatoms. The number of anilines is 1. The molecule has 0 atom stereocenters. The molecular formula is C26H25N5O2S. The molecule has 3 aromatic heterocycles. The first-order chi connectivity index (χ1) is 16.7. The van der Waals surface area contributed by atoms with E-state index < -0.39 is 0 Å². The summed E-state index contributed by atoms with van der Waals surface area (Å²) in [5.41, 5.74) is 4.19. The zero-order chi connectivity index (χ0) is 23.3. The lowest BCUT2D eigenvalue weighted by atomic mass is 9.95. The molecule has 34 heavy (non-hydrogen) atoms. The first-order valence-electron chi connectivity index (χ1n) is 11.4. The smallest absolute Gasteiger partial charge is 0.257 e. The summed E-state index contributed by atoms with van der Waals surface area (Å²) in [6, 6.07) is 13.4. The highest BCUT2D eigenvalue weighted by atomic mass is 32.1. The van der Waals surface area contributed by atoms with E-state index in [0.29, 0.717) is 29.1 Å². The van der Waals surface area contributed by atoms with Gasteiger partial charge in [-0.3, -0.25) is 14.6 Å².